The summed E-state index contributed by atoms with van der Waals surface area (Å²) in [4.78, 5) is 0. The van der Waals surface area contributed by atoms with Crippen LogP contribution in [-0.2, 0) is 0 Å². The normalized spacial score (nSPS) is 17.6. The molecule has 0 radical (unpaired) electrons. The maximum Gasteiger partial charge on any atom is 0.124 e. The highest BCUT2D eigenvalue weighted by atomic mass is 19.1. The molecule has 0 heterocycles. The molecule has 1 atom stereocenters. The second kappa shape index (κ2) is 6.90. The van der Waals surface area contributed by atoms with Crippen molar-refractivity contribution < 1.29 is 9.13 Å². The number of ether oxygens (including phenoxy) is 1. The third kappa shape index (κ3) is 3.93. The maximum absolute atomic E-state index is 13.5. The minimum atomic E-state index is -0.195. The zero-order valence-electron chi connectivity index (χ0n) is 11.9. The zero-order valence-corrected chi connectivity index (χ0v) is 11.9. The second-order valence-corrected chi connectivity index (χ2v) is 5.38. The molecule has 0 bridgehead atoms. The Bertz CT molecular complexity index is 402. The van der Waals surface area contributed by atoms with E-state index in [1.807, 2.05) is 0 Å². The van der Waals surface area contributed by atoms with Crippen LogP contribution in [0.2, 0.25) is 0 Å². The monoisotopic (exact) mass is 265 g/mol. The number of hydrogen-bond acceptors (Lipinski definition) is 2. The lowest BCUT2D eigenvalue weighted by atomic mass is 10.1. The summed E-state index contributed by atoms with van der Waals surface area (Å²) in [5.41, 5.74) is 0.931. The predicted molar refractivity (Wildman–Crippen MR) is 76.0 cm³/mol. The first-order chi connectivity index (χ1) is 9.20. The number of nitrogens with one attached hydrogen (secondary N) is 1. The molecule has 1 unspecified atom stereocenters. The summed E-state index contributed by atoms with van der Waals surface area (Å²) >= 11 is 0. The van der Waals surface area contributed by atoms with Crippen molar-refractivity contribution in [3.05, 3.63) is 29.6 Å². The van der Waals surface area contributed by atoms with Gasteiger partial charge in [-0.05, 0) is 63.8 Å². The van der Waals surface area contributed by atoms with Gasteiger partial charge in [-0.15, -0.1) is 0 Å². The van der Waals surface area contributed by atoms with Gasteiger partial charge in [0.1, 0.15) is 11.6 Å². The Morgan fingerprint density at radius 3 is 2.79 bits per heavy atom. The summed E-state index contributed by atoms with van der Waals surface area (Å²) in [6.07, 6.45) is 6.09. The van der Waals surface area contributed by atoms with Crippen molar-refractivity contribution in [1.29, 1.82) is 0 Å². The number of rotatable bonds is 6. The highest BCUT2D eigenvalue weighted by molar-refractivity contribution is 5.36. The van der Waals surface area contributed by atoms with Crippen LogP contribution < -0.4 is 10.1 Å². The lowest BCUT2D eigenvalue weighted by Crippen LogP contribution is -2.21. The number of benzene rings is 1. The van der Waals surface area contributed by atoms with E-state index in [1.165, 1.54) is 18.9 Å². The minimum absolute atomic E-state index is 0.118. The van der Waals surface area contributed by atoms with Crippen LogP contribution in [-0.4, -0.2) is 12.6 Å². The molecule has 2 nitrogen and oxygen atoms in total. The quantitative estimate of drug-likeness (QED) is 0.832. The molecular formula is C16H24FNO. The summed E-state index contributed by atoms with van der Waals surface area (Å²) in [5, 5.41) is 3.39. The molecule has 0 amide bonds. The fourth-order valence-corrected chi connectivity index (χ4v) is 2.62. The Hall–Kier alpha value is -1.09. The largest absolute Gasteiger partial charge is 0.490 e. The van der Waals surface area contributed by atoms with Gasteiger partial charge in [0.15, 0.2) is 0 Å². The molecule has 1 aromatic rings. The van der Waals surface area contributed by atoms with Crippen molar-refractivity contribution in [1.82, 2.24) is 5.32 Å². The summed E-state index contributed by atoms with van der Waals surface area (Å²) in [6.45, 7) is 5.12. The molecule has 106 valence electrons. The molecule has 1 saturated carbocycles. The van der Waals surface area contributed by atoms with Gasteiger partial charge in [-0.25, -0.2) is 4.39 Å². The molecule has 0 saturated heterocycles. The van der Waals surface area contributed by atoms with Gasteiger partial charge in [0.05, 0.1) is 6.10 Å². The van der Waals surface area contributed by atoms with Crippen LogP contribution in [0.3, 0.4) is 0 Å². The molecule has 1 aliphatic rings. The summed E-state index contributed by atoms with van der Waals surface area (Å²) in [6, 6.07) is 4.97. The highest BCUT2D eigenvalue weighted by Crippen LogP contribution is 2.30. The van der Waals surface area contributed by atoms with Crippen molar-refractivity contribution in [3.63, 3.8) is 0 Å². The van der Waals surface area contributed by atoms with Gasteiger partial charge < -0.3 is 10.1 Å². The Balaban J connectivity index is 2.11. The summed E-state index contributed by atoms with van der Waals surface area (Å²) in [5.74, 6) is 0.642. The van der Waals surface area contributed by atoms with E-state index < -0.39 is 0 Å². The van der Waals surface area contributed by atoms with Crippen LogP contribution in [0.1, 0.15) is 57.6 Å². The zero-order chi connectivity index (χ0) is 13.7. The molecule has 2 rings (SSSR count). The number of halogens is 1. The Morgan fingerprint density at radius 1 is 1.37 bits per heavy atom. The van der Waals surface area contributed by atoms with Gasteiger partial charge in [-0.3, -0.25) is 0 Å². The van der Waals surface area contributed by atoms with E-state index in [1.54, 1.807) is 12.1 Å². The second-order valence-electron chi connectivity index (χ2n) is 5.38. The highest BCUT2D eigenvalue weighted by Gasteiger charge is 2.19. The smallest absolute Gasteiger partial charge is 0.124 e. The predicted octanol–water partition coefficient (Wildman–Crippen LogP) is 4.21. The van der Waals surface area contributed by atoms with Gasteiger partial charge in [0.25, 0.3) is 0 Å². The molecule has 0 aliphatic heterocycles. The Kier molecular flexibility index (Phi) is 5.20. The van der Waals surface area contributed by atoms with E-state index in [4.69, 9.17) is 4.74 Å². The first-order valence-electron chi connectivity index (χ1n) is 7.40. The minimum Gasteiger partial charge on any atom is -0.490 e. The molecule has 0 spiro atoms. The van der Waals surface area contributed by atoms with E-state index in [0.717, 1.165) is 37.1 Å². The van der Waals surface area contributed by atoms with E-state index in [0.29, 0.717) is 6.10 Å². The topological polar surface area (TPSA) is 21.3 Å². The van der Waals surface area contributed by atoms with E-state index >= 15 is 0 Å². The van der Waals surface area contributed by atoms with E-state index in [-0.39, 0.29) is 11.9 Å². The fraction of sp³-hybridized carbons (Fsp3) is 0.625. The molecule has 1 N–H and O–H groups in total. The molecule has 19 heavy (non-hydrogen) atoms. The Morgan fingerprint density at radius 2 is 2.11 bits per heavy atom. The van der Waals surface area contributed by atoms with Crippen molar-refractivity contribution >= 4 is 0 Å². The van der Waals surface area contributed by atoms with Crippen LogP contribution in [0.25, 0.3) is 0 Å². The van der Waals surface area contributed by atoms with Gasteiger partial charge in [0.2, 0.25) is 0 Å². The molecular weight excluding hydrogens is 241 g/mol. The average molecular weight is 265 g/mol. The third-order valence-corrected chi connectivity index (χ3v) is 3.73. The first kappa shape index (κ1) is 14.3. The lowest BCUT2D eigenvalue weighted by Gasteiger charge is -2.21. The van der Waals surface area contributed by atoms with Gasteiger partial charge in [-0.2, -0.15) is 0 Å². The fourth-order valence-electron chi connectivity index (χ4n) is 2.62. The number of hydrogen-bond donors (Lipinski definition) is 1. The van der Waals surface area contributed by atoms with Crippen molar-refractivity contribution in [2.45, 2.75) is 58.1 Å². The summed E-state index contributed by atoms with van der Waals surface area (Å²) < 4.78 is 19.5. The van der Waals surface area contributed by atoms with Crippen LogP contribution in [0, 0.1) is 5.82 Å². The van der Waals surface area contributed by atoms with Crippen LogP contribution in [0.4, 0.5) is 4.39 Å². The van der Waals surface area contributed by atoms with Gasteiger partial charge in [-0.1, -0.05) is 6.92 Å². The summed E-state index contributed by atoms with van der Waals surface area (Å²) in [7, 11) is 0. The molecule has 1 aromatic carbocycles. The average Bonchev–Trinajstić information content (AvgIpc) is 2.91. The molecule has 1 aliphatic carbocycles. The molecule has 0 aromatic heterocycles. The van der Waals surface area contributed by atoms with Crippen LogP contribution in [0.5, 0.6) is 5.75 Å². The van der Waals surface area contributed by atoms with Crippen LogP contribution in [0.15, 0.2) is 18.2 Å². The molecule has 1 fully saturated rings. The standard InChI is InChI=1S/C16H24FNO/c1-3-10-18-12(2)15-11-13(17)8-9-16(15)19-14-6-4-5-7-14/h8-9,11-12,14,18H,3-7,10H2,1-2H3. The van der Waals surface area contributed by atoms with E-state index in [9.17, 15) is 4.39 Å². The van der Waals surface area contributed by atoms with Gasteiger partial charge in [0, 0.05) is 11.6 Å². The van der Waals surface area contributed by atoms with Crippen LogP contribution >= 0.6 is 0 Å². The first-order valence-corrected chi connectivity index (χ1v) is 7.40. The Labute approximate surface area is 115 Å². The van der Waals surface area contributed by atoms with E-state index in [2.05, 4.69) is 19.2 Å². The molecule has 3 heteroatoms. The van der Waals surface area contributed by atoms with Crippen molar-refractivity contribution in [2.75, 3.05) is 6.54 Å². The lowest BCUT2D eigenvalue weighted by molar-refractivity contribution is 0.206. The van der Waals surface area contributed by atoms with Gasteiger partial charge >= 0.3 is 0 Å². The van der Waals surface area contributed by atoms with Crippen molar-refractivity contribution in [2.24, 2.45) is 0 Å². The SMILES string of the molecule is CCCNC(C)c1cc(F)ccc1OC1CCCC1. The van der Waals surface area contributed by atoms with Crippen molar-refractivity contribution in [3.8, 4) is 5.75 Å². The third-order valence-electron chi connectivity index (χ3n) is 3.73. The maximum atomic E-state index is 13.5.